The molecule has 1 aromatic rings. The van der Waals surface area contributed by atoms with Crippen molar-refractivity contribution in [2.75, 3.05) is 32.7 Å². The first-order valence-corrected chi connectivity index (χ1v) is 8.03. The van der Waals surface area contributed by atoms with E-state index in [1.54, 1.807) is 0 Å². The smallest absolute Gasteiger partial charge is 0.191 e. The summed E-state index contributed by atoms with van der Waals surface area (Å²) in [5.41, 5.74) is 0.991. The van der Waals surface area contributed by atoms with Crippen molar-refractivity contribution in [3.05, 3.63) is 30.1 Å². The number of aromatic nitrogens is 1. The third kappa shape index (κ3) is 7.40. The summed E-state index contributed by atoms with van der Waals surface area (Å²) in [5, 5.41) is 6.69. The molecule has 0 amide bonds. The number of guanidine groups is 1. The summed E-state index contributed by atoms with van der Waals surface area (Å²) in [4.78, 5) is 11.4. The second kappa shape index (κ2) is 11.6. The Kier molecular flexibility index (Phi) is 10.1. The third-order valence-electron chi connectivity index (χ3n) is 3.64. The Bertz CT molecular complexity index is 418. The van der Waals surface area contributed by atoms with Gasteiger partial charge in [-0.05, 0) is 45.0 Å². The van der Waals surface area contributed by atoms with Gasteiger partial charge in [0.25, 0.3) is 0 Å². The summed E-state index contributed by atoms with van der Waals surface area (Å²) < 4.78 is 0. The number of nitrogens with one attached hydrogen (secondary N) is 2. The second-order valence-electron chi connectivity index (χ2n) is 5.35. The van der Waals surface area contributed by atoms with Crippen LogP contribution >= 0.6 is 24.0 Å². The van der Waals surface area contributed by atoms with Crippen molar-refractivity contribution in [1.29, 1.82) is 0 Å². The molecule has 2 rings (SSSR count). The highest BCUT2D eigenvalue weighted by molar-refractivity contribution is 14.0. The van der Waals surface area contributed by atoms with Crippen LogP contribution in [0, 0.1) is 0 Å². The molecule has 1 saturated heterocycles. The van der Waals surface area contributed by atoms with Gasteiger partial charge in [-0.15, -0.1) is 24.0 Å². The molecule has 0 aliphatic carbocycles. The molecule has 1 aliphatic rings. The van der Waals surface area contributed by atoms with E-state index in [2.05, 4.69) is 32.4 Å². The molecule has 2 N–H and O–H groups in total. The molecule has 0 radical (unpaired) electrons. The number of piperidine rings is 1. The minimum atomic E-state index is 0. The maximum Gasteiger partial charge on any atom is 0.191 e. The Morgan fingerprint density at radius 3 is 2.73 bits per heavy atom. The molecule has 0 bridgehead atoms. The number of pyridine rings is 1. The first kappa shape index (κ1) is 19.2. The highest BCUT2D eigenvalue weighted by Crippen LogP contribution is 2.07. The van der Waals surface area contributed by atoms with Crippen LogP contribution in [0.1, 0.15) is 31.9 Å². The monoisotopic (exact) mass is 417 g/mol. The van der Waals surface area contributed by atoms with Crippen molar-refractivity contribution < 1.29 is 0 Å². The van der Waals surface area contributed by atoms with Crippen molar-refractivity contribution in [2.45, 2.75) is 32.7 Å². The summed E-state index contributed by atoms with van der Waals surface area (Å²) in [6.07, 6.45) is 5.88. The zero-order chi connectivity index (χ0) is 14.8. The zero-order valence-electron chi connectivity index (χ0n) is 13.4. The van der Waals surface area contributed by atoms with Gasteiger partial charge in [0.15, 0.2) is 5.96 Å². The first-order chi connectivity index (χ1) is 10.4. The molecule has 0 atom stereocenters. The van der Waals surface area contributed by atoms with E-state index in [-0.39, 0.29) is 24.0 Å². The Morgan fingerprint density at radius 2 is 2.05 bits per heavy atom. The van der Waals surface area contributed by atoms with Crippen LogP contribution in [0.5, 0.6) is 0 Å². The van der Waals surface area contributed by atoms with Crippen LogP contribution < -0.4 is 10.6 Å². The van der Waals surface area contributed by atoms with Crippen LogP contribution in [0.25, 0.3) is 0 Å². The molecule has 0 saturated carbocycles. The number of rotatable bonds is 6. The van der Waals surface area contributed by atoms with Crippen molar-refractivity contribution in [3.63, 3.8) is 0 Å². The van der Waals surface area contributed by atoms with Gasteiger partial charge in [-0.2, -0.15) is 0 Å². The molecular formula is C16H28IN5. The van der Waals surface area contributed by atoms with E-state index in [1.807, 2.05) is 24.4 Å². The van der Waals surface area contributed by atoms with E-state index in [4.69, 9.17) is 0 Å². The number of hydrogen-bond acceptors (Lipinski definition) is 3. The first-order valence-electron chi connectivity index (χ1n) is 8.03. The lowest BCUT2D eigenvalue weighted by atomic mass is 10.1. The number of halogens is 1. The van der Waals surface area contributed by atoms with Crippen LogP contribution in [-0.4, -0.2) is 48.6 Å². The molecule has 5 nitrogen and oxygen atoms in total. The fraction of sp³-hybridized carbons (Fsp3) is 0.625. The van der Waals surface area contributed by atoms with Crippen molar-refractivity contribution >= 4 is 29.9 Å². The molecule has 0 unspecified atom stereocenters. The van der Waals surface area contributed by atoms with E-state index < -0.39 is 0 Å². The lowest BCUT2D eigenvalue weighted by molar-refractivity contribution is 0.232. The van der Waals surface area contributed by atoms with Crippen LogP contribution in [0.3, 0.4) is 0 Å². The highest BCUT2D eigenvalue weighted by Gasteiger charge is 2.09. The molecule has 0 spiro atoms. The van der Waals surface area contributed by atoms with Gasteiger partial charge >= 0.3 is 0 Å². The number of nitrogens with zero attached hydrogens (tertiary/aromatic N) is 3. The maximum atomic E-state index is 4.58. The van der Waals surface area contributed by atoms with Crippen LogP contribution in [0.4, 0.5) is 0 Å². The standard InChI is InChI=1S/C16H27N5.HI/c1-2-17-16(20-14-15-8-4-5-9-18-15)19-10-13-21-11-6-3-7-12-21;/h4-5,8-9H,2-3,6-7,10-14H2,1H3,(H2,17,19,20);1H. The minimum Gasteiger partial charge on any atom is -0.357 e. The molecule has 124 valence electrons. The van der Waals surface area contributed by atoms with Gasteiger partial charge in [-0.1, -0.05) is 12.5 Å². The van der Waals surface area contributed by atoms with E-state index >= 15 is 0 Å². The summed E-state index contributed by atoms with van der Waals surface area (Å²) in [6.45, 7) is 8.08. The van der Waals surface area contributed by atoms with E-state index in [9.17, 15) is 0 Å². The molecular weight excluding hydrogens is 389 g/mol. The van der Waals surface area contributed by atoms with Crippen molar-refractivity contribution in [3.8, 4) is 0 Å². The molecule has 22 heavy (non-hydrogen) atoms. The fourth-order valence-corrected chi connectivity index (χ4v) is 2.51. The van der Waals surface area contributed by atoms with Crippen molar-refractivity contribution in [2.24, 2.45) is 4.99 Å². The fourth-order valence-electron chi connectivity index (χ4n) is 2.51. The van der Waals surface area contributed by atoms with Crippen molar-refractivity contribution in [1.82, 2.24) is 20.5 Å². The summed E-state index contributed by atoms with van der Waals surface area (Å²) in [5.74, 6) is 0.875. The Hall–Kier alpha value is -0.890. The lowest BCUT2D eigenvalue weighted by Gasteiger charge is -2.26. The molecule has 1 aliphatic heterocycles. The zero-order valence-corrected chi connectivity index (χ0v) is 15.8. The predicted octanol–water partition coefficient (Wildman–Crippen LogP) is 2.24. The number of likely N-dealkylation sites (tertiary alicyclic amines) is 1. The lowest BCUT2D eigenvalue weighted by Crippen LogP contribution is -2.42. The van der Waals surface area contributed by atoms with E-state index in [1.165, 1.54) is 32.4 Å². The van der Waals surface area contributed by atoms with Crippen LogP contribution in [-0.2, 0) is 6.54 Å². The van der Waals surface area contributed by atoms with Gasteiger partial charge in [-0.25, -0.2) is 4.99 Å². The molecule has 0 aromatic carbocycles. The van der Waals surface area contributed by atoms with Gasteiger partial charge in [0.2, 0.25) is 0 Å². The third-order valence-corrected chi connectivity index (χ3v) is 3.64. The largest absolute Gasteiger partial charge is 0.357 e. The summed E-state index contributed by atoms with van der Waals surface area (Å²) in [7, 11) is 0. The summed E-state index contributed by atoms with van der Waals surface area (Å²) in [6, 6.07) is 5.92. The molecule has 1 fully saturated rings. The molecule has 2 heterocycles. The predicted molar refractivity (Wildman–Crippen MR) is 103 cm³/mol. The Labute approximate surface area is 151 Å². The number of aliphatic imine (C=N–C) groups is 1. The number of hydrogen-bond donors (Lipinski definition) is 2. The molecule has 1 aromatic heterocycles. The average Bonchev–Trinajstić information content (AvgIpc) is 2.54. The average molecular weight is 417 g/mol. The van der Waals surface area contributed by atoms with Gasteiger partial charge < -0.3 is 15.5 Å². The second-order valence-corrected chi connectivity index (χ2v) is 5.35. The highest BCUT2D eigenvalue weighted by atomic mass is 127. The topological polar surface area (TPSA) is 52.6 Å². The SMILES string of the molecule is CCNC(=NCc1ccccn1)NCCN1CCCCC1.I. The van der Waals surface area contributed by atoms with Gasteiger partial charge in [0, 0.05) is 25.8 Å². The molecule has 6 heteroatoms. The van der Waals surface area contributed by atoms with Gasteiger partial charge in [0.1, 0.15) is 0 Å². The van der Waals surface area contributed by atoms with E-state index in [0.717, 1.165) is 31.3 Å². The Balaban J connectivity index is 0.00000242. The minimum absolute atomic E-state index is 0. The van der Waals surface area contributed by atoms with Gasteiger partial charge in [-0.3, -0.25) is 4.98 Å². The van der Waals surface area contributed by atoms with E-state index in [0.29, 0.717) is 6.54 Å². The maximum absolute atomic E-state index is 4.58. The summed E-state index contributed by atoms with van der Waals surface area (Å²) >= 11 is 0. The Morgan fingerprint density at radius 1 is 1.23 bits per heavy atom. The normalized spacial score (nSPS) is 16.0. The van der Waals surface area contributed by atoms with Crippen LogP contribution in [0.15, 0.2) is 29.4 Å². The van der Waals surface area contributed by atoms with Crippen LogP contribution in [0.2, 0.25) is 0 Å². The van der Waals surface area contributed by atoms with Gasteiger partial charge in [0.05, 0.1) is 12.2 Å². The quantitative estimate of drug-likeness (QED) is 0.424.